The monoisotopic (exact) mass is 240 g/mol. The molecule has 2 N–H and O–H groups in total. The van der Waals surface area contributed by atoms with Crippen LogP contribution in [0.5, 0.6) is 0 Å². The van der Waals surface area contributed by atoms with E-state index in [0.29, 0.717) is 12.6 Å². The molecule has 1 saturated carbocycles. The van der Waals surface area contributed by atoms with E-state index in [9.17, 15) is 4.79 Å². The Morgan fingerprint density at radius 2 is 2.24 bits per heavy atom. The van der Waals surface area contributed by atoms with Gasteiger partial charge in [0.05, 0.1) is 6.10 Å². The van der Waals surface area contributed by atoms with E-state index in [4.69, 9.17) is 4.74 Å². The van der Waals surface area contributed by atoms with Crippen LogP contribution in [0.3, 0.4) is 0 Å². The van der Waals surface area contributed by atoms with Crippen molar-refractivity contribution in [1.82, 2.24) is 10.6 Å². The minimum Gasteiger partial charge on any atom is -0.364 e. The smallest absolute Gasteiger partial charge is 0.249 e. The normalized spacial score (nSPS) is 26.2. The summed E-state index contributed by atoms with van der Waals surface area (Å²) in [5, 5.41) is 6.02. The van der Waals surface area contributed by atoms with Crippen molar-refractivity contribution in [3.8, 4) is 0 Å². The van der Waals surface area contributed by atoms with Crippen LogP contribution < -0.4 is 10.6 Å². The van der Waals surface area contributed by atoms with E-state index in [1.807, 2.05) is 7.05 Å². The summed E-state index contributed by atoms with van der Waals surface area (Å²) in [6.07, 6.45) is 6.01. The molecule has 1 aliphatic carbocycles. The van der Waals surface area contributed by atoms with E-state index in [1.165, 1.54) is 12.8 Å². The molecule has 0 aromatic rings. The second-order valence-electron chi connectivity index (χ2n) is 4.53. The molecule has 0 aliphatic heterocycles. The van der Waals surface area contributed by atoms with Crippen LogP contribution in [0.1, 0.15) is 32.6 Å². The molecule has 1 amide bonds. The Bertz CT molecular complexity index is 256. The number of rotatable bonds is 6. The lowest BCUT2D eigenvalue weighted by Gasteiger charge is -2.32. The summed E-state index contributed by atoms with van der Waals surface area (Å²) in [5.41, 5.74) is 0. The third-order valence-electron chi connectivity index (χ3n) is 3.24. The maximum absolute atomic E-state index is 11.7. The number of ether oxygens (including phenoxy) is 1. The predicted octanol–water partition coefficient (Wildman–Crippen LogP) is 1.22. The Morgan fingerprint density at radius 1 is 1.53 bits per heavy atom. The minimum absolute atomic E-state index is 0.0645. The van der Waals surface area contributed by atoms with E-state index >= 15 is 0 Å². The van der Waals surface area contributed by atoms with Gasteiger partial charge in [0.1, 0.15) is 6.10 Å². The molecular formula is C13H24N2O2. The van der Waals surface area contributed by atoms with Gasteiger partial charge in [-0.3, -0.25) is 4.79 Å². The van der Waals surface area contributed by atoms with Crippen molar-refractivity contribution in [3.63, 3.8) is 0 Å². The van der Waals surface area contributed by atoms with E-state index in [-0.39, 0.29) is 12.0 Å². The van der Waals surface area contributed by atoms with Gasteiger partial charge >= 0.3 is 0 Å². The number of amides is 1. The molecular weight excluding hydrogens is 216 g/mol. The highest BCUT2D eigenvalue weighted by Crippen LogP contribution is 2.22. The molecule has 0 bridgehead atoms. The molecule has 1 fully saturated rings. The third-order valence-corrected chi connectivity index (χ3v) is 3.24. The molecule has 3 atom stereocenters. The Hall–Kier alpha value is -0.870. The molecule has 4 nitrogen and oxygen atoms in total. The number of hydrogen-bond acceptors (Lipinski definition) is 3. The van der Waals surface area contributed by atoms with Crippen molar-refractivity contribution in [2.24, 2.45) is 0 Å². The number of carbonyl (C=O) groups is 1. The van der Waals surface area contributed by atoms with Gasteiger partial charge in [0.25, 0.3) is 0 Å². The van der Waals surface area contributed by atoms with Crippen LogP contribution in [0.4, 0.5) is 0 Å². The first-order valence-corrected chi connectivity index (χ1v) is 6.40. The third kappa shape index (κ3) is 4.48. The first kappa shape index (κ1) is 14.2. The summed E-state index contributed by atoms with van der Waals surface area (Å²) in [6.45, 7) is 5.87. The van der Waals surface area contributed by atoms with Gasteiger partial charge in [-0.2, -0.15) is 0 Å². The van der Waals surface area contributed by atoms with Gasteiger partial charge in [-0.15, -0.1) is 6.58 Å². The largest absolute Gasteiger partial charge is 0.364 e. The predicted molar refractivity (Wildman–Crippen MR) is 68.9 cm³/mol. The Labute approximate surface area is 104 Å². The van der Waals surface area contributed by atoms with Crippen molar-refractivity contribution in [2.45, 2.75) is 50.9 Å². The molecule has 0 aromatic carbocycles. The fourth-order valence-corrected chi connectivity index (χ4v) is 2.23. The zero-order valence-corrected chi connectivity index (χ0v) is 10.9. The zero-order chi connectivity index (χ0) is 12.7. The second kappa shape index (κ2) is 7.45. The van der Waals surface area contributed by atoms with E-state index in [1.54, 1.807) is 13.0 Å². The number of hydrogen-bond donors (Lipinski definition) is 2. The lowest BCUT2D eigenvalue weighted by atomic mass is 9.92. The highest BCUT2D eigenvalue weighted by atomic mass is 16.5. The van der Waals surface area contributed by atoms with Crippen LogP contribution in [0, 0.1) is 0 Å². The fraction of sp³-hybridized carbons (Fsp3) is 0.769. The first-order valence-electron chi connectivity index (χ1n) is 6.40. The van der Waals surface area contributed by atoms with E-state index in [0.717, 1.165) is 12.8 Å². The lowest BCUT2D eigenvalue weighted by Crippen LogP contribution is -2.46. The number of likely N-dealkylation sites (N-methyl/N-ethyl adjacent to an activating group) is 1. The molecule has 1 aliphatic rings. The van der Waals surface area contributed by atoms with Gasteiger partial charge in [0.2, 0.25) is 5.91 Å². The average Bonchev–Trinajstić information content (AvgIpc) is 2.36. The van der Waals surface area contributed by atoms with E-state index in [2.05, 4.69) is 17.2 Å². The van der Waals surface area contributed by atoms with Crippen molar-refractivity contribution in [1.29, 1.82) is 0 Å². The molecule has 0 radical (unpaired) electrons. The van der Waals surface area contributed by atoms with Gasteiger partial charge in [-0.1, -0.05) is 18.9 Å². The summed E-state index contributed by atoms with van der Waals surface area (Å²) < 4.78 is 5.84. The lowest BCUT2D eigenvalue weighted by molar-refractivity contribution is -0.137. The maximum atomic E-state index is 11.7. The van der Waals surface area contributed by atoms with Crippen LogP contribution in [0.15, 0.2) is 12.7 Å². The van der Waals surface area contributed by atoms with Crippen LogP contribution in [0.2, 0.25) is 0 Å². The molecule has 98 valence electrons. The summed E-state index contributed by atoms with van der Waals surface area (Å²) in [4.78, 5) is 11.7. The SMILES string of the molecule is C=CCNC(=O)C(C)OC1CCCCC1NC. The number of nitrogens with one attached hydrogen (secondary N) is 2. The molecule has 3 unspecified atom stereocenters. The Kier molecular flexibility index (Phi) is 6.22. The highest BCUT2D eigenvalue weighted by molar-refractivity contribution is 5.80. The zero-order valence-electron chi connectivity index (χ0n) is 10.9. The molecule has 17 heavy (non-hydrogen) atoms. The number of carbonyl (C=O) groups excluding carboxylic acids is 1. The van der Waals surface area contributed by atoms with Gasteiger partial charge in [0, 0.05) is 12.6 Å². The van der Waals surface area contributed by atoms with E-state index < -0.39 is 6.10 Å². The first-order chi connectivity index (χ1) is 8.19. The van der Waals surface area contributed by atoms with Crippen LogP contribution in [0.25, 0.3) is 0 Å². The molecule has 1 rings (SSSR count). The molecule has 0 heterocycles. The van der Waals surface area contributed by atoms with Crippen LogP contribution in [-0.4, -0.2) is 37.7 Å². The standard InChI is InChI=1S/C13H24N2O2/c1-4-9-15-13(16)10(2)17-12-8-6-5-7-11(12)14-3/h4,10-12,14H,1,5-9H2,2-3H3,(H,15,16). The average molecular weight is 240 g/mol. The van der Waals surface area contributed by atoms with Gasteiger partial charge in [-0.05, 0) is 26.8 Å². The molecule has 4 heteroatoms. The molecule has 0 saturated heterocycles. The Balaban J connectivity index is 2.39. The van der Waals surface area contributed by atoms with Gasteiger partial charge < -0.3 is 15.4 Å². The van der Waals surface area contributed by atoms with Crippen molar-refractivity contribution in [3.05, 3.63) is 12.7 Å². The molecule has 0 aromatic heterocycles. The minimum atomic E-state index is -0.395. The highest BCUT2D eigenvalue weighted by Gasteiger charge is 2.27. The molecule has 0 spiro atoms. The van der Waals surface area contributed by atoms with Crippen molar-refractivity contribution < 1.29 is 9.53 Å². The quantitative estimate of drug-likeness (QED) is 0.686. The Morgan fingerprint density at radius 3 is 2.88 bits per heavy atom. The maximum Gasteiger partial charge on any atom is 0.249 e. The fourth-order valence-electron chi connectivity index (χ4n) is 2.23. The summed E-state index contributed by atoms with van der Waals surface area (Å²) >= 11 is 0. The van der Waals surface area contributed by atoms with Gasteiger partial charge in [0.15, 0.2) is 0 Å². The summed E-state index contributed by atoms with van der Waals surface area (Å²) in [7, 11) is 1.95. The second-order valence-corrected chi connectivity index (χ2v) is 4.53. The van der Waals surface area contributed by atoms with Crippen LogP contribution >= 0.6 is 0 Å². The van der Waals surface area contributed by atoms with Gasteiger partial charge in [-0.25, -0.2) is 0 Å². The summed E-state index contributed by atoms with van der Waals surface area (Å²) in [6, 6.07) is 0.374. The summed E-state index contributed by atoms with van der Waals surface area (Å²) in [5.74, 6) is -0.0645. The van der Waals surface area contributed by atoms with Crippen LogP contribution in [-0.2, 0) is 9.53 Å². The van der Waals surface area contributed by atoms with Crippen molar-refractivity contribution in [2.75, 3.05) is 13.6 Å². The topological polar surface area (TPSA) is 50.4 Å². The van der Waals surface area contributed by atoms with Crippen molar-refractivity contribution >= 4 is 5.91 Å².